The number of likely N-dealkylation sites (tertiary alicyclic amines) is 1. The summed E-state index contributed by atoms with van der Waals surface area (Å²) in [7, 11) is 0. The first-order valence-corrected chi connectivity index (χ1v) is 8.28. The van der Waals surface area contributed by atoms with E-state index in [-0.39, 0.29) is 17.7 Å². The van der Waals surface area contributed by atoms with Gasteiger partial charge in [0.25, 0.3) is 0 Å². The Bertz CT molecular complexity index is 533. The SMILES string of the molecule is CCCCCNC(=O)C1CC(=O)N(Cc2ccccc2Cl)C1. The summed E-state index contributed by atoms with van der Waals surface area (Å²) in [6, 6.07) is 7.49. The van der Waals surface area contributed by atoms with Gasteiger partial charge in [-0.3, -0.25) is 9.59 Å². The number of amides is 2. The van der Waals surface area contributed by atoms with Crippen molar-refractivity contribution in [2.45, 2.75) is 39.2 Å². The molecule has 1 aromatic rings. The number of nitrogens with zero attached hydrogens (tertiary/aromatic N) is 1. The van der Waals surface area contributed by atoms with E-state index in [1.54, 1.807) is 4.90 Å². The van der Waals surface area contributed by atoms with Gasteiger partial charge in [-0.1, -0.05) is 49.6 Å². The maximum absolute atomic E-state index is 12.1. The summed E-state index contributed by atoms with van der Waals surface area (Å²) in [4.78, 5) is 25.9. The molecule has 1 atom stereocenters. The van der Waals surface area contributed by atoms with E-state index in [1.165, 1.54) is 0 Å². The molecule has 0 bridgehead atoms. The molecule has 1 unspecified atom stereocenters. The number of hydrogen-bond acceptors (Lipinski definition) is 2. The largest absolute Gasteiger partial charge is 0.356 e. The lowest BCUT2D eigenvalue weighted by atomic mass is 10.1. The molecule has 2 amide bonds. The zero-order chi connectivity index (χ0) is 15.9. The van der Waals surface area contributed by atoms with Crippen LogP contribution in [0.5, 0.6) is 0 Å². The third-order valence-corrected chi connectivity index (χ3v) is 4.35. The smallest absolute Gasteiger partial charge is 0.225 e. The fraction of sp³-hybridized carbons (Fsp3) is 0.529. The van der Waals surface area contributed by atoms with Gasteiger partial charge in [0.2, 0.25) is 11.8 Å². The number of rotatable bonds is 7. The molecular weight excluding hydrogens is 300 g/mol. The lowest BCUT2D eigenvalue weighted by molar-refractivity contribution is -0.129. The van der Waals surface area contributed by atoms with Gasteiger partial charge in [0.05, 0.1) is 5.92 Å². The highest BCUT2D eigenvalue weighted by atomic mass is 35.5. The summed E-state index contributed by atoms with van der Waals surface area (Å²) in [6.45, 7) is 3.77. The lowest BCUT2D eigenvalue weighted by Gasteiger charge is -2.17. The highest BCUT2D eigenvalue weighted by molar-refractivity contribution is 6.31. The summed E-state index contributed by atoms with van der Waals surface area (Å²) >= 11 is 6.13. The fourth-order valence-electron chi connectivity index (χ4n) is 2.66. The van der Waals surface area contributed by atoms with Gasteiger partial charge in [0, 0.05) is 31.1 Å². The Morgan fingerprint density at radius 3 is 2.86 bits per heavy atom. The molecule has 1 N–H and O–H groups in total. The van der Waals surface area contributed by atoms with E-state index in [0.29, 0.717) is 31.1 Å². The Morgan fingerprint density at radius 2 is 2.14 bits per heavy atom. The van der Waals surface area contributed by atoms with Crippen molar-refractivity contribution in [3.8, 4) is 0 Å². The fourth-order valence-corrected chi connectivity index (χ4v) is 2.86. The first-order chi connectivity index (χ1) is 10.6. The number of benzene rings is 1. The molecule has 0 aliphatic carbocycles. The summed E-state index contributed by atoms with van der Waals surface area (Å²) < 4.78 is 0. The van der Waals surface area contributed by atoms with Crippen LogP contribution in [0.3, 0.4) is 0 Å². The van der Waals surface area contributed by atoms with E-state index in [2.05, 4.69) is 12.2 Å². The Kier molecular flexibility index (Phi) is 6.25. The topological polar surface area (TPSA) is 49.4 Å². The molecule has 0 aromatic heterocycles. The van der Waals surface area contributed by atoms with Crippen LogP contribution in [0, 0.1) is 5.92 Å². The van der Waals surface area contributed by atoms with Crippen LogP contribution in [0.25, 0.3) is 0 Å². The third kappa shape index (κ3) is 4.47. The van der Waals surface area contributed by atoms with Gasteiger partial charge in [-0.2, -0.15) is 0 Å². The lowest BCUT2D eigenvalue weighted by Crippen LogP contribution is -2.33. The predicted octanol–water partition coefficient (Wildman–Crippen LogP) is 2.99. The van der Waals surface area contributed by atoms with Gasteiger partial charge in [-0.15, -0.1) is 0 Å². The van der Waals surface area contributed by atoms with Gasteiger partial charge in [-0.25, -0.2) is 0 Å². The van der Waals surface area contributed by atoms with Crippen LogP contribution in [0.1, 0.15) is 38.2 Å². The molecule has 1 aliphatic heterocycles. The summed E-state index contributed by atoms with van der Waals surface area (Å²) in [6.07, 6.45) is 3.53. The van der Waals surface area contributed by atoms with Gasteiger partial charge < -0.3 is 10.2 Å². The predicted molar refractivity (Wildman–Crippen MR) is 87.5 cm³/mol. The number of unbranched alkanes of at least 4 members (excludes halogenated alkanes) is 2. The second-order valence-electron chi connectivity index (χ2n) is 5.76. The van der Waals surface area contributed by atoms with Crippen LogP contribution in [-0.4, -0.2) is 29.8 Å². The number of carbonyl (C=O) groups excluding carboxylic acids is 2. The van der Waals surface area contributed by atoms with Crippen molar-refractivity contribution >= 4 is 23.4 Å². The molecule has 1 fully saturated rings. The Morgan fingerprint density at radius 1 is 1.36 bits per heavy atom. The molecule has 1 aromatic carbocycles. The zero-order valence-electron chi connectivity index (χ0n) is 13.0. The summed E-state index contributed by atoms with van der Waals surface area (Å²) in [5, 5.41) is 3.59. The van der Waals surface area contributed by atoms with E-state index in [4.69, 9.17) is 11.6 Å². The Balaban J connectivity index is 1.85. The number of halogens is 1. The number of nitrogens with one attached hydrogen (secondary N) is 1. The molecule has 22 heavy (non-hydrogen) atoms. The van der Waals surface area contributed by atoms with E-state index in [9.17, 15) is 9.59 Å². The van der Waals surface area contributed by atoms with E-state index in [1.807, 2.05) is 24.3 Å². The summed E-state index contributed by atoms with van der Waals surface area (Å²) in [5.41, 5.74) is 0.918. The molecule has 5 heteroatoms. The Hall–Kier alpha value is -1.55. The van der Waals surface area contributed by atoms with Crippen LogP contribution >= 0.6 is 11.6 Å². The van der Waals surface area contributed by atoms with Crippen molar-refractivity contribution in [1.29, 1.82) is 0 Å². The molecule has 4 nitrogen and oxygen atoms in total. The van der Waals surface area contributed by atoms with Crippen LogP contribution in [0.2, 0.25) is 5.02 Å². The first kappa shape index (κ1) is 16.8. The van der Waals surface area contributed by atoms with Crippen LogP contribution in [0.15, 0.2) is 24.3 Å². The minimum Gasteiger partial charge on any atom is -0.356 e. The highest BCUT2D eigenvalue weighted by Gasteiger charge is 2.34. The number of carbonyl (C=O) groups is 2. The highest BCUT2D eigenvalue weighted by Crippen LogP contribution is 2.23. The average Bonchev–Trinajstić information content (AvgIpc) is 2.87. The van der Waals surface area contributed by atoms with Crippen molar-refractivity contribution in [2.24, 2.45) is 5.92 Å². The Labute approximate surface area is 136 Å². The molecule has 2 rings (SSSR count). The van der Waals surface area contributed by atoms with Crippen LogP contribution in [-0.2, 0) is 16.1 Å². The van der Waals surface area contributed by atoms with E-state index < -0.39 is 0 Å². The zero-order valence-corrected chi connectivity index (χ0v) is 13.7. The maximum Gasteiger partial charge on any atom is 0.225 e. The molecule has 120 valence electrons. The molecule has 0 radical (unpaired) electrons. The molecular formula is C17H23ClN2O2. The maximum atomic E-state index is 12.1. The van der Waals surface area contributed by atoms with E-state index >= 15 is 0 Å². The average molecular weight is 323 g/mol. The standard InChI is InChI=1S/C17H23ClN2O2/c1-2-3-6-9-19-17(22)14-10-16(21)20(12-14)11-13-7-4-5-8-15(13)18/h4-5,7-8,14H,2-3,6,9-12H2,1H3,(H,19,22). The molecule has 0 saturated carbocycles. The normalized spacial score (nSPS) is 17.8. The van der Waals surface area contributed by atoms with Crippen molar-refractivity contribution in [2.75, 3.05) is 13.1 Å². The molecule has 1 heterocycles. The van der Waals surface area contributed by atoms with Crippen molar-refractivity contribution in [1.82, 2.24) is 10.2 Å². The molecule has 1 aliphatic rings. The van der Waals surface area contributed by atoms with Crippen molar-refractivity contribution < 1.29 is 9.59 Å². The minimum atomic E-state index is -0.239. The first-order valence-electron chi connectivity index (χ1n) is 7.90. The second-order valence-corrected chi connectivity index (χ2v) is 6.17. The van der Waals surface area contributed by atoms with Crippen molar-refractivity contribution in [3.63, 3.8) is 0 Å². The van der Waals surface area contributed by atoms with Gasteiger partial charge in [0.1, 0.15) is 0 Å². The molecule has 0 spiro atoms. The van der Waals surface area contributed by atoms with Gasteiger partial charge >= 0.3 is 0 Å². The second kappa shape index (κ2) is 8.18. The summed E-state index contributed by atoms with van der Waals surface area (Å²) in [5.74, 6) is -0.226. The third-order valence-electron chi connectivity index (χ3n) is 3.98. The van der Waals surface area contributed by atoms with Crippen LogP contribution in [0.4, 0.5) is 0 Å². The van der Waals surface area contributed by atoms with Gasteiger partial charge in [-0.05, 0) is 18.1 Å². The van der Waals surface area contributed by atoms with Crippen molar-refractivity contribution in [3.05, 3.63) is 34.9 Å². The van der Waals surface area contributed by atoms with Gasteiger partial charge in [0.15, 0.2) is 0 Å². The molecule has 1 saturated heterocycles. The van der Waals surface area contributed by atoms with Crippen LogP contribution < -0.4 is 5.32 Å². The number of hydrogen-bond donors (Lipinski definition) is 1. The van der Waals surface area contributed by atoms with E-state index in [0.717, 1.165) is 24.8 Å². The minimum absolute atomic E-state index is 0.00823. The quantitative estimate of drug-likeness (QED) is 0.785. The monoisotopic (exact) mass is 322 g/mol.